The summed E-state index contributed by atoms with van der Waals surface area (Å²) in [7, 11) is 0. The van der Waals surface area contributed by atoms with Gasteiger partial charge in [0.15, 0.2) is 11.6 Å². The van der Waals surface area contributed by atoms with Crippen molar-refractivity contribution in [3.63, 3.8) is 0 Å². The van der Waals surface area contributed by atoms with E-state index in [2.05, 4.69) is 4.74 Å². The van der Waals surface area contributed by atoms with Gasteiger partial charge in [-0.3, -0.25) is 0 Å². The van der Waals surface area contributed by atoms with Crippen LogP contribution in [0.4, 0.5) is 22.0 Å². The maximum Gasteiger partial charge on any atom is 0.335 e. The molecule has 0 saturated heterocycles. The molecule has 2 aromatic carbocycles. The molecule has 0 aromatic heterocycles. The molecule has 2 rings (SSSR count). The molecule has 0 radical (unpaired) electrons. The fraction of sp³-hybridized carbons (Fsp3) is 0.0714. The maximum absolute atomic E-state index is 13.8. The average Bonchev–Trinajstić information content (AvgIpc) is 2.49. The van der Waals surface area contributed by atoms with Crippen LogP contribution < -0.4 is 4.74 Å². The molecule has 1 unspecified atom stereocenters. The Morgan fingerprint density at radius 3 is 2.13 bits per heavy atom. The molecule has 1 atom stereocenters. The first-order valence-electron chi connectivity index (χ1n) is 5.89. The van der Waals surface area contributed by atoms with Gasteiger partial charge in [0.25, 0.3) is 0 Å². The zero-order valence-corrected chi connectivity index (χ0v) is 11.7. The molecular weight excluding hydrogens is 347 g/mol. The van der Waals surface area contributed by atoms with Crippen LogP contribution in [-0.4, -0.2) is 11.1 Å². The fourth-order valence-corrected chi connectivity index (χ4v) is 1.91. The first-order valence-corrected chi connectivity index (χ1v) is 6.32. The van der Waals surface area contributed by atoms with Crippen molar-refractivity contribution in [2.45, 2.75) is 5.63 Å². The molecule has 3 nitrogen and oxygen atoms in total. The van der Waals surface area contributed by atoms with Gasteiger partial charge in [-0.15, -0.1) is 0 Å². The standard InChI is InChI=1S/C14H6ClF5O3/c15-13(20)7-8(16)10(18)12(11(19)9(7)17)23-6-3-1-2-5(4-6)14(21)22/h1-4,13H,(H,21,22). The Kier molecular flexibility index (Phi) is 4.74. The molecule has 1 N–H and O–H groups in total. The lowest BCUT2D eigenvalue weighted by Gasteiger charge is -2.13. The second-order valence-electron chi connectivity index (χ2n) is 4.23. The number of alkyl halides is 2. The Balaban J connectivity index is 2.53. The van der Waals surface area contributed by atoms with Crippen molar-refractivity contribution in [2.75, 3.05) is 0 Å². The van der Waals surface area contributed by atoms with E-state index in [9.17, 15) is 26.7 Å². The molecule has 0 aliphatic rings. The van der Waals surface area contributed by atoms with Gasteiger partial charge in [-0.05, 0) is 18.2 Å². The topological polar surface area (TPSA) is 46.5 Å². The Bertz CT molecular complexity index is 750. The second-order valence-corrected chi connectivity index (χ2v) is 4.62. The van der Waals surface area contributed by atoms with E-state index in [1.807, 2.05) is 0 Å². The smallest absolute Gasteiger partial charge is 0.335 e. The molecule has 0 saturated carbocycles. The summed E-state index contributed by atoms with van der Waals surface area (Å²) >= 11 is 4.84. The summed E-state index contributed by atoms with van der Waals surface area (Å²) in [6, 6.07) is 4.33. The minimum atomic E-state index is -2.80. The number of carbonyl (C=O) groups is 1. The number of hydrogen-bond donors (Lipinski definition) is 1. The zero-order chi connectivity index (χ0) is 17.3. The Hall–Kier alpha value is -2.35. The van der Waals surface area contributed by atoms with Crippen molar-refractivity contribution < 1.29 is 36.6 Å². The normalized spacial score (nSPS) is 12.1. The molecule has 0 fully saturated rings. The van der Waals surface area contributed by atoms with Gasteiger partial charge >= 0.3 is 5.97 Å². The highest BCUT2D eigenvalue weighted by Crippen LogP contribution is 2.37. The van der Waals surface area contributed by atoms with E-state index in [0.29, 0.717) is 0 Å². The molecule has 0 spiro atoms. The molecule has 0 heterocycles. The van der Waals surface area contributed by atoms with Gasteiger partial charge in [-0.2, -0.15) is 8.78 Å². The number of benzene rings is 2. The first-order chi connectivity index (χ1) is 10.7. The lowest BCUT2D eigenvalue weighted by molar-refractivity contribution is 0.0696. The highest BCUT2D eigenvalue weighted by atomic mass is 35.5. The van der Waals surface area contributed by atoms with Crippen molar-refractivity contribution in [1.29, 1.82) is 0 Å². The minimum Gasteiger partial charge on any atom is -0.478 e. The molecule has 0 amide bonds. The highest BCUT2D eigenvalue weighted by Gasteiger charge is 2.30. The van der Waals surface area contributed by atoms with Crippen LogP contribution in [0.3, 0.4) is 0 Å². The molecule has 0 aliphatic heterocycles. The molecule has 0 bridgehead atoms. The Labute approximate surface area is 130 Å². The van der Waals surface area contributed by atoms with Crippen molar-refractivity contribution in [3.8, 4) is 11.5 Å². The van der Waals surface area contributed by atoms with Crippen LogP contribution in [0.1, 0.15) is 21.6 Å². The molecular formula is C14H6ClF5O3. The Morgan fingerprint density at radius 1 is 1.09 bits per heavy atom. The number of rotatable bonds is 4. The zero-order valence-electron chi connectivity index (χ0n) is 10.9. The van der Waals surface area contributed by atoms with Gasteiger partial charge in [0.1, 0.15) is 5.75 Å². The van der Waals surface area contributed by atoms with Gasteiger partial charge in [-0.1, -0.05) is 17.7 Å². The van der Waals surface area contributed by atoms with E-state index >= 15 is 0 Å². The van der Waals surface area contributed by atoms with Crippen LogP contribution in [0.25, 0.3) is 0 Å². The third-order valence-corrected chi connectivity index (χ3v) is 2.99. The van der Waals surface area contributed by atoms with Crippen LogP contribution in [-0.2, 0) is 0 Å². The third-order valence-electron chi connectivity index (χ3n) is 2.78. The minimum absolute atomic E-state index is 0.287. The molecule has 0 aliphatic carbocycles. The number of ether oxygens (including phenoxy) is 1. The van der Waals surface area contributed by atoms with Gasteiger partial charge < -0.3 is 9.84 Å². The van der Waals surface area contributed by atoms with Crippen molar-refractivity contribution in [1.82, 2.24) is 0 Å². The molecule has 9 heteroatoms. The third kappa shape index (κ3) is 3.21. The predicted octanol–water partition coefficient (Wildman–Crippen LogP) is 4.94. The van der Waals surface area contributed by atoms with Crippen molar-refractivity contribution in [3.05, 3.63) is 58.7 Å². The van der Waals surface area contributed by atoms with Crippen LogP contribution >= 0.6 is 11.6 Å². The van der Waals surface area contributed by atoms with Crippen LogP contribution in [0, 0.1) is 23.3 Å². The summed E-state index contributed by atoms with van der Waals surface area (Å²) < 4.78 is 72.2. The summed E-state index contributed by atoms with van der Waals surface area (Å²) in [5, 5.41) is 8.79. The van der Waals surface area contributed by atoms with Gasteiger partial charge in [0.05, 0.1) is 11.1 Å². The highest BCUT2D eigenvalue weighted by molar-refractivity contribution is 6.19. The van der Waals surface area contributed by atoms with E-state index in [4.69, 9.17) is 16.7 Å². The summed E-state index contributed by atoms with van der Waals surface area (Å²) in [4.78, 5) is 10.8. The van der Waals surface area contributed by atoms with E-state index in [0.717, 1.165) is 18.2 Å². The average molecular weight is 353 g/mol. The summed E-state index contributed by atoms with van der Waals surface area (Å²) in [6.07, 6.45) is 0. The van der Waals surface area contributed by atoms with E-state index in [1.165, 1.54) is 6.07 Å². The van der Waals surface area contributed by atoms with Crippen molar-refractivity contribution in [2.24, 2.45) is 0 Å². The number of carboxylic acid groups (broad SMARTS) is 1. The van der Waals surface area contributed by atoms with Gasteiger partial charge in [0, 0.05) is 0 Å². The first kappa shape index (κ1) is 17.0. The lowest BCUT2D eigenvalue weighted by atomic mass is 10.1. The molecule has 23 heavy (non-hydrogen) atoms. The molecule has 2 aromatic rings. The fourth-order valence-electron chi connectivity index (χ4n) is 1.72. The summed E-state index contributed by atoms with van der Waals surface area (Å²) in [6.45, 7) is 0. The van der Waals surface area contributed by atoms with Gasteiger partial charge in [0.2, 0.25) is 23.0 Å². The van der Waals surface area contributed by atoms with Crippen molar-refractivity contribution >= 4 is 17.6 Å². The monoisotopic (exact) mass is 352 g/mol. The van der Waals surface area contributed by atoms with E-state index in [1.54, 1.807) is 0 Å². The van der Waals surface area contributed by atoms with Crippen LogP contribution in [0.5, 0.6) is 11.5 Å². The maximum atomic E-state index is 13.8. The quantitative estimate of drug-likeness (QED) is 0.481. The summed E-state index contributed by atoms with van der Waals surface area (Å²) in [5.41, 5.74) is -4.71. The second kappa shape index (κ2) is 6.41. The van der Waals surface area contributed by atoms with Crippen LogP contribution in [0.2, 0.25) is 0 Å². The SMILES string of the molecule is O=C(O)c1cccc(Oc2c(F)c(F)c(C(F)Cl)c(F)c2F)c1. The van der Waals surface area contributed by atoms with E-state index in [-0.39, 0.29) is 5.56 Å². The van der Waals surface area contributed by atoms with Crippen LogP contribution in [0.15, 0.2) is 24.3 Å². The predicted molar refractivity (Wildman–Crippen MR) is 69.5 cm³/mol. The largest absolute Gasteiger partial charge is 0.478 e. The molecule has 122 valence electrons. The number of carboxylic acids is 1. The number of halogens is 6. The van der Waals surface area contributed by atoms with Gasteiger partial charge in [-0.25, -0.2) is 18.0 Å². The lowest BCUT2D eigenvalue weighted by Crippen LogP contribution is -2.06. The number of aromatic carboxylic acids is 1. The number of hydrogen-bond acceptors (Lipinski definition) is 2. The summed E-state index contributed by atoms with van der Waals surface area (Å²) in [5.74, 6) is -11.3. The van der Waals surface area contributed by atoms with E-state index < -0.39 is 51.9 Å². The Morgan fingerprint density at radius 2 is 1.65 bits per heavy atom.